The number of carbonyl (C=O) groups is 1. The Morgan fingerprint density at radius 2 is 2.13 bits per heavy atom. The molecule has 1 saturated heterocycles. The summed E-state index contributed by atoms with van der Waals surface area (Å²) in [6.07, 6.45) is 0.378. The second-order valence-corrected chi connectivity index (χ2v) is 3.79. The Morgan fingerprint density at radius 3 is 2.73 bits per heavy atom. The number of amides is 1. The molecule has 0 N–H and O–H groups in total. The van der Waals surface area contributed by atoms with Crippen LogP contribution in [-0.2, 0) is 11.3 Å². The summed E-state index contributed by atoms with van der Waals surface area (Å²) in [6, 6.07) is 12.0. The van der Waals surface area contributed by atoms with E-state index in [-0.39, 0.29) is 11.8 Å². The van der Waals surface area contributed by atoms with E-state index < -0.39 is 0 Å². The van der Waals surface area contributed by atoms with Gasteiger partial charge in [0.05, 0.1) is 12.0 Å². The fourth-order valence-electron chi connectivity index (χ4n) is 1.82. The topological polar surface area (TPSA) is 44.1 Å². The van der Waals surface area contributed by atoms with Gasteiger partial charge in [-0.2, -0.15) is 5.26 Å². The lowest BCUT2D eigenvalue weighted by atomic mass is 10.1. The summed E-state index contributed by atoms with van der Waals surface area (Å²) in [7, 11) is 0. The maximum Gasteiger partial charge on any atom is 0.224 e. The van der Waals surface area contributed by atoms with Crippen LogP contribution < -0.4 is 0 Å². The van der Waals surface area contributed by atoms with Crippen molar-refractivity contribution in [2.24, 2.45) is 5.92 Å². The van der Waals surface area contributed by atoms with Crippen LogP contribution in [0.25, 0.3) is 0 Å². The molecule has 1 aliphatic rings. The maximum atomic E-state index is 11.5. The van der Waals surface area contributed by atoms with Crippen LogP contribution >= 0.6 is 0 Å². The molecular formula is C12H12N2O. The molecule has 0 aliphatic carbocycles. The minimum atomic E-state index is -0.124. The van der Waals surface area contributed by atoms with Crippen LogP contribution in [0.1, 0.15) is 12.0 Å². The lowest BCUT2D eigenvalue weighted by molar-refractivity contribution is -0.128. The van der Waals surface area contributed by atoms with Crippen LogP contribution in [0.3, 0.4) is 0 Å². The van der Waals surface area contributed by atoms with E-state index in [1.54, 1.807) is 4.90 Å². The van der Waals surface area contributed by atoms with E-state index in [2.05, 4.69) is 6.07 Å². The molecule has 1 aliphatic heterocycles. The van der Waals surface area contributed by atoms with Gasteiger partial charge in [-0.1, -0.05) is 30.3 Å². The third kappa shape index (κ3) is 2.16. The number of benzene rings is 1. The number of rotatable bonds is 2. The van der Waals surface area contributed by atoms with Gasteiger partial charge in [-0.25, -0.2) is 0 Å². The molecule has 0 bridgehead atoms. The van der Waals surface area contributed by atoms with Crippen LogP contribution in [0, 0.1) is 17.2 Å². The molecule has 1 fully saturated rings. The number of likely N-dealkylation sites (tertiary alicyclic amines) is 1. The Hall–Kier alpha value is -1.82. The highest BCUT2D eigenvalue weighted by Gasteiger charge is 2.29. The highest BCUT2D eigenvalue weighted by molar-refractivity contribution is 5.79. The highest BCUT2D eigenvalue weighted by Crippen LogP contribution is 2.19. The third-order valence-electron chi connectivity index (χ3n) is 2.61. The third-order valence-corrected chi connectivity index (χ3v) is 2.61. The Kier molecular flexibility index (Phi) is 2.68. The van der Waals surface area contributed by atoms with Gasteiger partial charge in [-0.3, -0.25) is 4.79 Å². The van der Waals surface area contributed by atoms with Crippen molar-refractivity contribution in [2.75, 3.05) is 6.54 Å². The molecular weight excluding hydrogens is 188 g/mol. The van der Waals surface area contributed by atoms with Crippen molar-refractivity contribution in [3.63, 3.8) is 0 Å². The van der Waals surface area contributed by atoms with E-state index in [9.17, 15) is 4.79 Å². The first kappa shape index (κ1) is 9.72. The quantitative estimate of drug-likeness (QED) is 0.727. The van der Waals surface area contributed by atoms with Crippen molar-refractivity contribution in [3.8, 4) is 6.07 Å². The first-order valence-corrected chi connectivity index (χ1v) is 5.01. The number of carbonyl (C=O) groups excluding carboxylic acids is 1. The number of nitrogens with zero attached hydrogens (tertiary/aromatic N) is 2. The number of nitriles is 1. The van der Waals surface area contributed by atoms with Crippen LogP contribution in [0.5, 0.6) is 0 Å². The fourth-order valence-corrected chi connectivity index (χ4v) is 1.82. The van der Waals surface area contributed by atoms with E-state index >= 15 is 0 Å². The molecule has 1 aromatic carbocycles. The molecule has 1 atom stereocenters. The zero-order chi connectivity index (χ0) is 10.7. The monoisotopic (exact) mass is 200 g/mol. The second kappa shape index (κ2) is 4.14. The van der Waals surface area contributed by atoms with E-state index in [1.165, 1.54) is 0 Å². The fraction of sp³-hybridized carbons (Fsp3) is 0.333. The van der Waals surface area contributed by atoms with Gasteiger partial charge in [0.1, 0.15) is 0 Å². The predicted octanol–water partition coefficient (Wildman–Crippen LogP) is 1.56. The van der Waals surface area contributed by atoms with Gasteiger partial charge < -0.3 is 4.90 Å². The Labute approximate surface area is 88.9 Å². The molecule has 2 rings (SSSR count). The molecule has 0 spiro atoms. The zero-order valence-electron chi connectivity index (χ0n) is 8.39. The normalized spacial score (nSPS) is 20.3. The smallest absolute Gasteiger partial charge is 0.224 e. The van der Waals surface area contributed by atoms with Crippen molar-refractivity contribution in [1.82, 2.24) is 4.90 Å². The first-order valence-electron chi connectivity index (χ1n) is 5.01. The summed E-state index contributed by atoms with van der Waals surface area (Å²) >= 11 is 0. The van der Waals surface area contributed by atoms with Gasteiger partial charge in [0.2, 0.25) is 5.91 Å². The molecule has 1 aromatic rings. The average molecular weight is 200 g/mol. The largest absolute Gasteiger partial charge is 0.337 e. The van der Waals surface area contributed by atoms with Gasteiger partial charge >= 0.3 is 0 Å². The molecule has 3 heteroatoms. The van der Waals surface area contributed by atoms with Gasteiger partial charge in [0, 0.05) is 19.5 Å². The summed E-state index contributed by atoms with van der Waals surface area (Å²) in [4.78, 5) is 13.3. The average Bonchev–Trinajstić information content (AvgIpc) is 2.61. The summed E-state index contributed by atoms with van der Waals surface area (Å²) < 4.78 is 0. The van der Waals surface area contributed by atoms with Crippen LogP contribution in [-0.4, -0.2) is 17.4 Å². The van der Waals surface area contributed by atoms with Crippen molar-refractivity contribution in [1.29, 1.82) is 5.26 Å². The van der Waals surface area contributed by atoms with E-state index in [0.29, 0.717) is 19.5 Å². The van der Waals surface area contributed by atoms with Crippen LogP contribution in [0.15, 0.2) is 30.3 Å². The molecule has 0 aromatic heterocycles. The van der Waals surface area contributed by atoms with Gasteiger partial charge in [0.25, 0.3) is 0 Å². The lowest BCUT2D eigenvalue weighted by Crippen LogP contribution is -2.24. The van der Waals surface area contributed by atoms with Gasteiger partial charge in [-0.05, 0) is 5.56 Å². The molecule has 0 saturated carbocycles. The number of hydrogen-bond donors (Lipinski definition) is 0. The lowest BCUT2D eigenvalue weighted by Gasteiger charge is -2.15. The predicted molar refractivity (Wildman–Crippen MR) is 55.6 cm³/mol. The minimum Gasteiger partial charge on any atom is -0.337 e. The van der Waals surface area contributed by atoms with E-state index in [0.717, 1.165) is 5.56 Å². The molecule has 1 heterocycles. The van der Waals surface area contributed by atoms with Crippen LogP contribution in [0.2, 0.25) is 0 Å². The molecule has 15 heavy (non-hydrogen) atoms. The van der Waals surface area contributed by atoms with Gasteiger partial charge in [-0.15, -0.1) is 0 Å². The van der Waals surface area contributed by atoms with E-state index in [1.807, 2.05) is 30.3 Å². The summed E-state index contributed by atoms with van der Waals surface area (Å²) in [6.45, 7) is 1.20. The van der Waals surface area contributed by atoms with Crippen molar-refractivity contribution < 1.29 is 4.79 Å². The van der Waals surface area contributed by atoms with Crippen LogP contribution in [0.4, 0.5) is 0 Å². The van der Waals surface area contributed by atoms with Gasteiger partial charge in [0.15, 0.2) is 0 Å². The minimum absolute atomic E-state index is 0.0883. The van der Waals surface area contributed by atoms with E-state index in [4.69, 9.17) is 5.26 Å². The van der Waals surface area contributed by atoms with Crippen molar-refractivity contribution in [2.45, 2.75) is 13.0 Å². The second-order valence-electron chi connectivity index (χ2n) is 3.79. The maximum absolute atomic E-state index is 11.5. The molecule has 0 radical (unpaired) electrons. The van der Waals surface area contributed by atoms with Crippen molar-refractivity contribution in [3.05, 3.63) is 35.9 Å². The number of hydrogen-bond acceptors (Lipinski definition) is 2. The summed E-state index contributed by atoms with van der Waals surface area (Å²) in [5.41, 5.74) is 1.12. The molecule has 0 unspecified atom stereocenters. The molecule has 76 valence electrons. The SMILES string of the molecule is N#C[C@H]1CC(=O)N(Cc2ccccc2)C1. The molecule has 1 amide bonds. The summed E-state index contributed by atoms with van der Waals surface area (Å²) in [5, 5.41) is 8.74. The Morgan fingerprint density at radius 1 is 1.40 bits per heavy atom. The standard InChI is InChI=1S/C12H12N2O/c13-7-11-6-12(15)14(9-11)8-10-4-2-1-3-5-10/h1-5,11H,6,8-9H2/t11-/m1/s1. The first-order chi connectivity index (χ1) is 7.29. The zero-order valence-corrected chi connectivity index (χ0v) is 8.39. The highest BCUT2D eigenvalue weighted by atomic mass is 16.2. The molecule has 3 nitrogen and oxygen atoms in total. The Balaban J connectivity index is 2.02. The summed E-state index contributed by atoms with van der Waals surface area (Å²) in [5.74, 6) is -0.0355. The Bertz CT molecular complexity index is 394. The van der Waals surface area contributed by atoms with Crippen molar-refractivity contribution >= 4 is 5.91 Å².